The molecule has 0 aliphatic heterocycles. The molecule has 0 saturated heterocycles. The molecule has 4 aliphatic rings. The number of aliphatic hydroxyl groups excluding tert-OH is 1. The van der Waals surface area contributed by atoms with Crippen molar-refractivity contribution in [3.63, 3.8) is 0 Å². The summed E-state index contributed by atoms with van der Waals surface area (Å²) in [6.45, 7) is 6.78. The van der Waals surface area contributed by atoms with E-state index in [0.717, 1.165) is 37.3 Å². The van der Waals surface area contributed by atoms with Gasteiger partial charge in [0.15, 0.2) is 0 Å². The average Bonchev–Trinajstić information content (AvgIpc) is 2.90. The lowest BCUT2D eigenvalue weighted by molar-refractivity contribution is -0.0780. The lowest BCUT2D eigenvalue weighted by Gasteiger charge is -2.58. The van der Waals surface area contributed by atoms with Crippen molar-refractivity contribution in [3.05, 3.63) is 11.6 Å². The second kappa shape index (κ2) is 6.90. The maximum absolute atomic E-state index is 10.6. The Morgan fingerprint density at radius 1 is 1.08 bits per heavy atom. The summed E-state index contributed by atoms with van der Waals surface area (Å²) in [6, 6.07) is 0. The molecule has 0 bridgehead atoms. The molecule has 4 aliphatic carbocycles. The predicted molar refractivity (Wildman–Crippen MR) is 106 cm³/mol. The van der Waals surface area contributed by atoms with Gasteiger partial charge in [0.05, 0.1) is 18.8 Å². The van der Waals surface area contributed by atoms with Crippen molar-refractivity contribution in [1.82, 2.24) is 4.90 Å². The third-order valence-corrected chi connectivity index (χ3v) is 8.89. The van der Waals surface area contributed by atoms with Gasteiger partial charge in [-0.15, -0.1) is 0 Å². The first-order valence-electron chi connectivity index (χ1n) is 11.0. The van der Waals surface area contributed by atoms with Crippen LogP contribution in [0.15, 0.2) is 11.6 Å². The van der Waals surface area contributed by atoms with Gasteiger partial charge < -0.3 is 14.7 Å². The highest BCUT2D eigenvalue weighted by Crippen LogP contribution is 2.65. The largest absolute Gasteiger partial charge is 0.393 e. The smallest absolute Gasteiger partial charge is 0.0759 e. The summed E-state index contributed by atoms with van der Waals surface area (Å²) < 4.78 is 6.17. The molecule has 7 unspecified atom stereocenters. The van der Waals surface area contributed by atoms with Crippen molar-refractivity contribution in [3.8, 4) is 0 Å². The maximum atomic E-state index is 10.6. The minimum Gasteiger partial charge on any atom is -0.393 e. The van der Waals surface area contributed by atoms with E-state index in [2.05, 4.69) is 38.9 Å². The van der Waals surface area contributed by atoms with Gasteiger partial charge in [0, 0.05) is 6.54 Å². The van der Waals surface area contributed by atoms with Crippen molar-refractivity contribution in [1.29, 1.82) is 0 Å². The van der Waals surface area contributed by atoms with E-state index in [1.54, 1.807) is 5.57 Å². The molecule has 0 aromatic carbocycles. The van der Waals surface area contributed by atoms with Crippen molar-refractivity contribution in [2.45, 2.75) is 77.4 Å². The third kappa shape index (κ3) is 2.99. The first-order valence-corrected chi connectivity index (χ1v) is 11.0. The fourth-order valence-corrected chi connectivity index (χ4v) is 7.19. The highest BCUT2D eigenvalue weighted by molar-refractivity contribution is 5.25. The van der Waals surface area contributed by atoms with Crippen LogP contribution in [0.3, 0.4) is 0 Å². The summed E-state index contributed by atoms with van der Waals surface area (Å²) >= 11 is 0. The van der Waals surface area contributed by atoms with E-state index in [0.29, 0.717) is 11.5 Å². The maximum Gasteiger partial charge on any atom is 0.0759 e. The van der Waals surface area contributed by atoms with Gasteiger partial charge in [-0.3, -0.25) is 0 Å². The summed E-state index contributed by atoms with van der Waals surface area (Å²) in [7, 11) is 4.22. The van der Waals surface area contributed by atoms with E-state index < -0.39 is 0 Å². The Morgan fingerprint density at radius 3 is 2.65 bits per heavy atom. The third-order valence-electron chi connectivity index (χ3n) is 8.89. The molecular weight excluding hydrogens is 322 g/mol. The van der Waals surface area contributed by atoms with Gasteiger partial charge in [-0.2, -0.15) is 0 Å². The van der Waals surface area contributed by atoms with E-state index in [9.17, 15) is 5.11 Å². The molecule has 0 amide bonds. The number of hydrogen-bond acceptors (Lipinski definition) is 3. The summed E-state index contributed by atoms with van der Waals surface area (Å²) in [4.78, 5) is 2.19. The Bertz CT molecular complexity index is 558. The molecule has 26 heavy (non-hydrogen) atoms. The van der Waals surface area contributed by atoms with Crippen molar-refractivity contribution < 1.29 is 9.84 Å². The highest BCUT2D eigenvalue weighted by Gasteiger charge is 2.58. The average molecular weight is 362 g/mol. The minimum atomic E-state index is -0.0565. The Morgan fingerprint density at radius 2 is 1.88 bits per heavy atom. The van der Waals surface area contributed by atoms with E-state index >= 15 is 0 Å². The molecule has 148 valence electrons. The van der Waals surface area contributed by atoms with Gasteiger partial charge in [0.2, 0.25) is 0 Å². The molecule has 0 heterocycles. The first-order chi connectivity index (χ1) is 12.3. The lowest BCUT2D eigenvalue weighted by atomic mass is 9.47. The first kappa shape index (κ1) is 19.0. The second-order valence-electron chi connectivity index (χ2n) is 10.4. The Hall–Kier alpha value is -0.380. The van der Waals surface area contributed by atoms with Crippen molar-refractivity contribution in [2.24, 2.45) is 28.6 Å². The van der Waals surface area contributed by atoms with Crippen LogP contribution in [0.25, 0.3) is 0 Å². The van der Waals surface area contributed by atoms with Gasteiger partial charge in [-0.05, 0) is 94.0 Å². The number of ether oxygens (including phenoxy) is 1. The number of hydrogen-bond donors (Lipinski definition) is 1. The molecule has 3 fully saturated rings. The fourth-order valence-electron chi connectivity index (χ4n) is 7.19. The molecule has 3 heteroatoms. The standard InChI is InChI=1S/C23H39NO2/c1-22-11-9-17(26-14-13-24(3)4)15-16(22)5-6-18-19-7-8-21(25)23(19,2)12-10-20(18)22/h15,17-21,25H,5-14H2,1-4H3. The molecule has 3 saturated carbocycles. The number of likely N-dealkylation sites (N-methyl/N-ethyl adjacent to an activating group) is 1. The zero-order chi connectivity index (χ0) is 18.5. The molecule has 0 aromatic rings. The van der Waals surface area contributed by atoms with Crippen LogP contribution in [-0.4, -0.2) is 49.5 Å². The number of rotatable bonds is 4. The van der Waals surface area contributed by atoms with Crippen LogP contribution in [0.4, 0.5) is 0 Å². The summed E-state index contributed by atoms with van der Waals surface area (Å²) in [5.74, 6) is 2.41. The van der Waals surface area contributed by atoms with E-state index in [1.807, 2.05) is 0 Å². The number of fused-ring (bicyclic) bond motifs is 5. The Kier molecular flexibility index (Phi) is 5.03. The predicted octanol–water partition coefficient (Wildman–Crippen LogP) is 4.26. The number of allylic oxidation sites excluding steroid dienone is 1. The molecule has 7 atom stereocenters. The summed E-state index contributed by atoms with van der Waals surface area (Å²) in [6.07, 6.45) is 12.7. The molecule has 3 nitrogen and oxygen atoms in total. The monoisotopic (exact) mass is 361 g/mol. The molecule has 4 rings (SSSR count). The van der Waals surface area contributed by atoms with Crippen LogP contribution < -0.4 is 0 Å². The van der Waals surface area contributed by atoms with E-state index in [4.69, 9.17) is 4.74 Å². The number of aliphatic hydroxyl groups is 1. The van der Waals surface area contributed by atoms with Crippen molar-refractivity contribution in [2.75, 3.05) is 27.2 Å². The van der Waals surface area contributed by atoms with E-state index in [1.165, 1.54) is 44.9 Å². The molecule has 1 N–H and O–H groups in total. The fraction of sp³-hybridized carbons (Fsp3) is 0.913. The molecule has 0 radical (unpaired) electrons. The van der Waals surface area contributed by atoms with Crippen LogP contribution in [-0.2, 0) is 4.74 Å². The molecular formula is C23H39NO2. The van der Waals surface area contributed by atoms with Gasteiger partial charge >= 0.3 is 0 Å². The lowest BCUT2D eigenvalue weighted by Crippen LogP contribution is -2.51. The van der Waals surface area contributed by atoms with Gasteiger partial charge in [0.25, 0.3) is 0 Å². The van der Waals surface area contributed by atoms with Gasteiger partial charge in [0.1, 0.15) is 0 Å². The van der Waals surface area contributed by atoms with Crippen LogP contribution in [0.2, 0.25) is 0 Å². The van der Waals surface area contributed by atoms with Gasteiger partial charge in [-0.25, -0.2) is 0 Å². The van der Waals surface area contributed by atoms with Gasteiger partial charge in [-0.1, -0.05) is 25.5 Å². The zero-order valence-electron chi connectivity index (χ0n) is 17.3. The highest BCUT2D eigenvalue weighted by atomic mass is 16.5. The summed E-state index contributed by atoms with van der Waals surface area (Å²) in [5, 5.41) is 10.6. The SMILES string of the molecule is CN(C)CCOC1C=C2CCC3C(CCC4(C)C(O)CCC34)C2(C)CC1. The van der Waals surface area contributed by atoms with Crippen LogP contribution in [0.5, 0.6) is 0 Å². The van der Waals surface area contributed by atoms with Crippen molar-refractivity contribution >= 4 is 0 Å². The van der Waals surface area contributed by atoms with Crippen LogP contribution >= 0.6 is 0 Å². The van der Waals surface area contributed by atoms with E-state index in [-0.39, 0.29) is 11.5 Å². The van der Waals surface area contributed by atoms with Crippen LogP contribution in [0, 0.1) is 28.6 Å². The topological polar surface area (TPSA) is 32.7 Å². The van der Waals surface area contributed by atoms with Crippen LogP contribution in [0.1, 0.15) is 65.2 Å². The Balaban J connectivity index is 1.49. The molecule has 0 spiro atoms. The zero-order valence-corrected chi connectivity index (χ0v) is 17.3. The minimum absolute atomic E-state index is 0.0565. The normalized spacial score (nSPS) is 47.9. The Labute approximate surface area is 160 Å². The quantitative estimate of drug-likeness (QED) is 0.760. The summed E-state index contributed by atoms with van der Waals surface area (Å²) in [5.41, 5.74) is 2.28. The number of nitrogens with zero attached hydrogens (tertiary/aromatic N) is 1. The molecule has 0 aromatic heterocycles. The second-order valence-corrected chi connectivity index (χ2v) is 10.4.